The van der Waals surface area contributed by atoms with Crippen molar-refractivity contribution in [2.24, 2.45) is 23.7 Å². The van der Waals surface area contributed by atoms with Gasteiger partial charge in [0.2, 0.25) is 0 Å². The van der Waals surface area contributed by atoms with Crippen LogP contribution in [0.4, 0.5) is 0 Å². The first-order chi connectivity index (χ1) is 6.34. The zero-order valence-electron chi connectivity index (χ0n) is 8.17. The lowest BCUT2D eigenvalue weighted by molar-refractivity contribution is -0.126. The molecule has 2 atom stereocenters. The number of hydrogen-bond acceptors (Lipinski definition) is 1. The lowest BCUT2D eigenvalue weighted by atomic mass is 9.88. The van der Waals surface area contributed by atoms with Gasteiger partial charge in [0.05, 0.1) is 0 Å². The topological polar surface area (TPSA) is 17.1 Å². The summed E-state index contributed by atoms with van der Waals surface area (Å²) in [6, 6.07) is 0. The van der Waals surface area contributed by atoms with E-state index in [1.54, 1.807) is 0 Å². The van der Waals surface area contributed by atoms with E-state index in [4.69, 9.17) is 0 Å². The Kier molecular flexibility index (Phi) is 1.75. The highest BCUT2D eigenvalue weighted by molar-refractivity contribution is 5.84. The third-order valence-corrected chi connectivity index (χ3v) is 4.40. The summed E-state index contributed by atoms with van der Waals surface area (Å²) in [7, 11) is 0. The van der Waals surface area contributed by atoms with Crippen molar-refractivity contribution in [3.05, 3.63) is 0 Å². The summed E-state index contributed by atoms with van der Waals surface area (Å²) in [6.07, 6.45) is 8.94. The minimum Gasteiger partial charge on any atom is -0.299 e. The molecule has 3 rings (SSSR count). The Morgan fingerprint density at radius 1 is 0.846 bits per heavy atom. The monoisotopic (exact) mass is 178 g/mol. The molecule has 3 saturated carbocycles. The molecule has 3 aliphatic rings. The van der Waals surface area contributed by atoms with Gasteiger partial charge in [-0.05, 0) is 43.9 Å². The van der Waals surface area contributed by atoms with Crippen molar-refractivity contribution in [1.82, 2.24) is 0 Å². The van der Waals surface area contributed by atoms with Gasteiger partial charge in [-0.15, -0.1) is 0 Å². The number of ketones is 1. The third kappa shape index (κ3) is 1.33. The maximum atomic E-state index is 12.0. The minimum atomic E-state index is 0.475. The van der Waals surface area contributed by atoms with Gasteiger partial charge in [0, 0.05) is 11.8 Å². The molecule has 3 aliphatic carbocycles. The number of hydrogen-bond donors (Lipinski definition) is 0. The lowest BCUT2D eigenvalue weighted by Gasteiger charge is -2.15. The fourth-order valence-corrected chi connectivity index (χ4v) is 3.49. The van der Waals surface area contributed by atoms with Crippen LogP contribution in [0.25, 0.3) is 0 Å². The minimum absolute atomic E-state index is 0.475. The van der Waals surface area contributed by atoms with E-state index in [2.05, 4.69) is 0 Å². The summed E-state index contributed by atoms with van der Waals surface area (Å²) in [5.41, 5.74) is 0. The van der Waals surface area contributed by atoms with Crippen molar-refractivity contribution in [2.75, 3.05) is 0 Å². The molecule has 0 N–H and O–H groups in total. The first-order valence-electron chi connectivity index (χ1n) is 5.88. The Balaban J connectivity index is 1.61. The predicted molar refractivity (Wildman–Crippen MR) is 51.3 cm³/mol. The fourth-order valence-electron chi connectivity index (χ4n) is 3.49. The quantitative estimate of drug-likeness (QED) is 0.635. The van der Waals surface area contributed by atoms with Crippen LogP contribution in [-0.2, 0) is 4.79 Å². The molecule has 3 fully saturated rings. The first kappa shape index (κ1) is 8.02. The Morgan fingerprint density at radius 2 is 1.46 bits per heavy atom. The van der Waals surface area contributed by atoms with Crippen LogP contribution in [0.2, 0.25) is 0 Å². The van der Waals surface area contributed by atoms with Crippen LogP contribution in [0.3, 0.4) is 0 Å². The molecule has 0 aromatic carbocycles. The number of fused-ring (bicyclic) bond motifs is 1. The summed E-state index contributed by atoms with van der Waals surface area (Å²) < 4.78 is 0. The summed E-state index contributed by atoms with van der Waals surface area (Å²) in [5.74, 6) is 3.55. The second-order valence-corrected chi connectivity index (χ2v) is 5.31. The number of carbonyl (C=O) groups is 1. The van der Waals surface area contributed by atoms with Gasteiger partial charge in [-0.1, -0.05) is 12.8 Å². The van der Waals surface area contributed by atoms with Gasteiger partial charge in [-0.25, -0.2) is 0 Å². The van der Waals surface area contributed by atoms with Crippen molar-refractivity contribution < 1.29 is 4.79 Å². The van der Waals surface area contributed by atoms with E-state index in [0.29, 0.717) is 17.6 Å². The van der Waals surface area contributed by atoms with Gasteiger partial charge in [-0.3, -0.25) is 4.79 Å². The molecular formula is C12H18O. The molecule has 0 heterocycles. The van der Waals surface area contributed by atoms with Gasteiger partial charge < -0.3 is 0 Å². The van der Waals surface area contributed by atoms with Crippen LogP contribution in [0, 0.1) is 23.7 Å². The standard InChI is InChI=1S/C12H18O/c13-12(8-3-1-2-4-8)11-6-9-5-10(9)7-11/h8-11H,1-7H2. The molecule has 72 valence electrons. The molecule has 2 unspecified atom stereocenters. The number of rotatable bonds is 2. The van der Waals surface area contributed by atoms with E-state index >= 15 is 0 Å². The zero-order valence-corrected chi connectivity index (χ0v) is 8.17. The predicted octanol–water partition coefficient (Wildman–Crippen LogP) is 2.79. The second-order valence-electron chi connectivity index (χ2n) is 5.31. The highest BCUT2D eigenvalue weighted by atomic mass is 16.1. The smallest absolute Gasteiger partial charge is 0.139 e. The van der Waals surface area contributed by atoms with E-state index in [1.807, 2.05) is 0 Å². The maximum absolute atomic E-state index is 12.0. The van der Waals surface area contributed by atoms with Gasteiger partial charge in [0.1, 0.15) is 5.78 Å². The number of carbonyl (C=O) groups excluding carboxylic acids is 1. The second kappa shape index (κ2) is 2.83. The van der Waals surface area contributed by atoms with Gasteiger partial charge in [-0.2, -0.15) is 0 Å². The molecule has 0 aromatic rings. The van der Waals surface area contributed by atoms with Crippen molar-refractivity contribution in [3.63, 3.8) is 0 Å². The van der Waals surface area contributed by atoms with Crippen molar-refractivity contribution in [1.29, 1.82) is 0 Å². The van der Waals surface area contributed by atoms with Gasteiger partial charge >= 0.3 is 0 Å². The molecule has 1 heteroatoms. The van der Waals surface area contributed by atoms with E-state index in [1.165, 1.54) is 44.9 Å². The molecule has 0 radical (unpaired) electrons. The zero-order chi connectivity index (χ0) is 8.84. The van der Waals surface area contributed by atoms with Gasteiger partial charge in [0.15, 0.2) is 0 Å². The van der Waals surface area contributed by atoms with E-state index in [9.17, 15) is 4.79 Å². The molecule has 0 spiro atoms. The van der Waals surface area contributed by atoms with Crippen LogP contribution in [0.1, 0.15) is 44.9 Å². The summed E-state index contributed by atoms with van der Waals surface area (Å²) in [5, 5.41) is 0. The van der Waals surface area contributed by atoms with E-state index < -0.39 is 0 Å². The Labute approximate surface area is 79.9 Å². The first-order valence-corrected chi connectivity index (χ1v) is 5.88. The Morgan fingerprint density at radius 3 is 2.08 bits per heavy atom. The van der Waals surface area contributed by atoms with Crippen molar-refractivity contribution in [2.45, 2.75) is 44.9 Å². The molecule has 1 nitrogen and oxygen atoms in total. The van der Waals surface area contributed by atoms with E-state index in [-0.39, 0.29) is 0 Å². The molecular weight excluding hydrogens is 160 g/mol. The average Bonchev–Trinajstić information content (AvgIpc) is 2.63. The fraction of sp³-hybridized carbons (Fsp3) is 0.917. The van der Waals surface area contributed by atoms with Crippen molar-refractivity contribution in [3.8, 4) is 0 Å². The molecule has 0 amide bonds. The average molecular weight is 178 g/mol. The van der Waals surface area contributed by atoms with Crippen LogP contribution in [0.15, 0.2) is 0 Å². The normalized spacial score (nSPS) is 43.5. The molecule has 0 aliphatic heterocycles. The molecule has 0 aromatic heterocycles. The lowest BCUT2D eigenvalue weighted by Crippen LogP contribution is -2.20. The van der Waals surface area contributed by atoms with Crippen LogP contribution in [0.5, 0.6) is 0 Å². The third-order valence-electron chi connectivity index (χ3n) is 4.40. The molecule has 0 saturated heterocycles. The molecule has 0 bridgehead atoms. The Hall–Kier alpha value is -0.330. The highest BCUT2D eigenvalue weighted by Crippen LogP contribution is 2.55. The largest absolute Gasteiger partial charge is 0.299 e. The summed E-state index contributed by atoms with van der Waals surface area (Å²) in [4.78, 5) is 12.0. The maximum Gasteiger partial charge on any atom is 0.139 e. The van der Waals surface area contributed by atoms with Crippen LogP contribution >= 0.6 is 0 Å². The highest BCUT2D eigenvalue weighted by Gasteiger charge is 2.48. The van der Waals surface area contributed by atoms with Crippen LogP contribution < -0.4 is 0 Å². The molecule has 13 heavy (non-hydrogen) atoms. The summed E-state index contributed by atoms with van der Waals surface area (Å²) >= 11 is 0. The van der Waals surface area contributed by atoms with Crippen LogP contribution in [-0.4, -0.2) is 5.78 Å². The summed E-state index contributed by atoms with van der Waals surface area (Å²) in [6.45, 7) is 0. The number of Topliss-reactive ketones (excluding diaryl/α,β-unsaturated/α-hetero) is 1. The van der Waals surface area contributed by atoms with Gasteiger partial charge in [0.25, 0.3) is 0 Å². The van der Waals surface area contributed by atoms with E-state index in [0.717, 1.165) is 11.8 Å². The van der Waals surface area contributed by atoms with Crippen molar-refractivity contribution >= 4 is 5.78 Å². The SMILES string of the molecule is O=C(C1CCCC1)C1CC2CC2C1. The Bertz CT molecular complexity index is 217.